The van der Waals surface area contributed by atoms with Crippen LogP contribution in [0.1, 0.15) is 17.0 Å². The summed E-state index contributed by atoms with van der Waals surface area (Å²) in [7, 11) is 0. The van der Waals surface area contributed by atoms with Crippen molar-refractivity contribution in [2.75, 3.05) is 0 Å². The third kappa shape index (κ3) is 2.58. The lowest BCUT2D eigenvalue weighted by molar-refractivity contribution is 0.301. The van der Waals surface area contributed by atoms with Gasteiger partial charge in [-0.3, -0.25) is 0 Å². The van der Waals surface area contributed by atoms with Crippen molar-refractivity contribution in [3.63, 3.8) is 0 Å². The highest BCUT2D eigenvalue weighted by molar-refractivity contribution is 6.32. The van der Waals surface area contributed by atoms with Gasteiger partial charge in [0.25, 0.3) is 0 Å². The molecular weight excluding hydrogens is 245 g/mol. The van der Waals surface area contributed by atoms with E-state index in [2.05, 4.69) is 5.16 Å². The number of nitrogens with zero attached hydrogens (tertiary/aromatic N) is 1. The Morgan fingerprint density at radius 3 is 2.76 bits per heavy atom. The molecule has 0 saturated carbocycles. The van der Waals surface area contributed by atoms with Gasteiger partial charge < -0.3 is 9.26 Å². The standard InChI is InChI=1S/C12H11ClFNO2/c1-7-10(8(2)17-15-7)6-16-12-4-3-9(14)5-11(12)13/h3-5H,6H2,1-2H3. The fourth-order valence-electron chi connectivity index (χ4n) is 1.45. The second-order valence-corrected chi connectivity index (χ2v) is 4.07. The number of aryl methyl sites for hydroxylation is 2. The molecule has 2 aromatic rings. The summed E-state index contributed by atoms with van der Waals surface area (Å²) in [6, 6.07) is 4.01. The van der Waals surface area contributed by atoms with Gasteiger partial charge in [-0.15, -0.1) is 0 Å². The van der Waals surface area contributed by atoms with Crippen molar-refractivity contribution in [2.24, 2.45) is 0 Å². The lowest BCUT2D eigenvalue weighted by atomic mass is 10.2. The van der Waals surface area contributed by atoms with Gasteiger partial charge in [0.05, 0.1) is 16.3 Å². The molecule has 5 heteroatoms. The first-order valence-corrected chi connectivity index (χ1v) is 5.45. The van der Waals surface area contributed by atoms with Crippen LogP contribution in [0, 0.1) is 19.7 Å². The third-order valence-electron chi connectivity index (χ3n) is 2.45. The molecule has 0 saturated heterocycles. The highest BCUT2D eigenvalue weighted by Crippen LogP contribution is 2.26. The zero-order valence-corrected chi connectivity index (χ0v) is 10.2. The molecule has 0 fully saturated rings. The third-order valence-corrected chi connectivity index (χ3v) is 2.74. The molecule has 0 atom stereocenters. The highest BCUT2D eigenvalue weighted by Gasteiger charge is 2.10. The Labute approximate surface area is 103 Å². The molecule has 1 aromatic heterocycles. The predicted octanol–water partition coefficient (Wildman–Crippen LogP) is 3.66. The number of benzene rings is 1. The summed E-state index contributed by atoms with van der Waals surface area (Å²) in [6.07, 6.45) is 0. The Kier molecular flexibility index (Phi) is 3.33. The van der Waals surface area contributed by atoms with Crippen molar-refractivity contribution in [1.29, 1.82) is 0 Å². The van der Waals surface area contributed by atoms with Crippen LogP contribution in [0.15, 0.2) is 22.7 Å². The maximum absolute atomic E-state index is 12.8. The molecule has 17 heavy (non-hydrogen) atoms. The molecule has 0 aliphatic rings. The molecule has 0 radical (unpaired) electrons. The van der Waals surface area contributed by atoms with Crippen LogP contribution in [0.5, 0.6) is 5.75 Å². The van der Waals surface area contributed by atoms with Crippen molar-refractivity contribution in [3.8, 4) is 5.75 Å². The van der Waals surface area contributed by atoms with Crippen molar-refractivity contribution in [1.82, 2.24) is 5.16 Å². The summed E-state index contributed by atoms with van der Waals surface area (Å²) in [5.41, 5.74) is 1.66. The fourth-order valence-corrected chi connectivity index (χ4v) is 1.67. The van der Waals surface area contributed by atoms with E-state index in [0.717, 1.165) is 11.3 Å². The SMILES string of the molecule is Cc1noc(C)c1COc1ccc(F)cc1Cl. The number of hydrogen-bond acceptors (Lipinski definition) is 3. The van der Waals surface area contributed by atoms with Gasteiger partial charge in [0.2, 0.25) is 0 Å². The zero-order valence-electron chi connectivity index (χ0n) is 9.46. The Morgan fingerprint density at radius 2 is 2.18 bits per heavy atom. The van der Waals surface area contributed by atoms with E-state index in [0.29, 0.717) is 18.1 Å². The first-order valence-electron chi connectivity index (χ1n) is 5.07. The predicted molar refractivity (Wildman–Crippen MR) is 61.7 cm³/mol. The van der Waals surface area contributed by atoms with Crippen LogP contribution >= 0.6 is 11.6 Å². The smallest absolute Gasteiger partial charge is 0.140 e. The molecule has 2 rings (SSSR count). The number of aromatic nitrogens is 1. The molecule has 1 aromatic carbocycles. The van der Waals surface area contributed by atoms with E-state index in [1.807, 2.05) is 13.8 Å². The topological polar surface area (TPSA) is 35.3 Å². The molecule has 0 aliphatic heterocycles. The number of rotatable bonds is 3. The lowest BCUT2D eigenvalue weighted by Gasteiger charge is -2.07. The molecule has 0 unspecified atom stereocenters. The van der Waals surface area contributed by atoms with Crippen molar-refractivity contribution >= 4 is 11.6 Å². The largest absolute Gasteiger partial charge is 0.487 e. The molecule has 1 heterocycles. The lowest BCUT2D eigenvalue weighted by Crippen LogP contribution is -1.98. The van der Waals surface area contributed by atoms with Gasteiger partial charge >= 0.3 is 0 Å². The van der Waals surface area contributed by atoms with Crippen LogP contribution in [-0.4, -0.2) is 5.16 Å². The first kappa shape index (κ1) is 11.9. The van der Waals surface area contributed by atoms with Gasteiger partial charge in [-0.2, -0.15) is 0 Å². The van der Waals surface area contributed by atoms with Gasteiger partial charge in [-0.05, 0) is 32.0 Å². The zero-order chi connectivity index (χ0) is 12.4. The van der Waals surface area contributed by atoms with E-state index >= 15 is 0 Å². The molecule has 0 N–H and O–H groups in total. The van der Waals surface area contributed by atoms with E-state index in [1.54, 1.807) is 0 Å². The number of halogens is 2. The van der Waals surface area contributed by atoms with Gasteiger partial charge in [0, 0.05) is 0 Å². The Hall–Kier alpha value is -1.55. The van der Waals surface area contributed by atoms with Gasteiger partial charge in [0.15, 0.2) is 0 Å². The van der Waals surface area contributed by atoms with E-state index in [1.165, 1.54) is 18.2 Å². The van der Waals surface area contributed by atoms with Gasteiger partial charge in [-0.25, -0.2) is 4.39 Å². The van der Waals surface area contributed by atoms with Crippen molar-refractivity contribution in [2.45, 2.75) is 20.5 Å². The van der Waals surface area contributed by atoms with E-state index < -0.39 is 0 Å². The molecule has 0 amide bonds. The minimum atomic E-state index is -0.389. The number of hydrogen-bond donors (Lipinski definition) is 0. The van der Waals surface area contributed by atoms with Crippen LogP contribution in [-0.2, 0) is 6.61 Å². The summed E-state index contributed by atoms with van der Waals surface area (Å²) in [6.45, 7) is 3.94. The van der Waals surface area contributed by atoms with Crippen LogP contribution < -0.4 is 4.74 Å². The molecule has 0 aliphatic carbocycles. The second-order valence-electron chi connectivity index (χ2n) is 3.67. The summed E-state index contributed by atoms with van der Waals surface area (Å²) < 4.78 is 23.3. The van der Waals surface area contributed by atoms with Gasteiger partial charge in [-0.1, -0.05) is 16.8 Å². The number of ether oxygens (including phenoxy) is 1. The van der Waals surface area contributed by atoms with Gasteiger partial charge in [0.1, 0.15) is 23.9 Å². The van der Waals surface area contributed by atoms with E-state index in [-0.39, 0.29) is 10.8 Å². The van der Waals surface area contributed by atoms with Crippen molar-refractivity contribution in [3.05, 3.63) is 46.1 Å². The molecule has 0 bridgehead atoms. The summed E-state index contributed by atoms with van der Waals surface area (Å²) in [5, 5.41) is 4.06. The maximum Gasteiger partial charge on any atom is 0.140 e. The summed E-state index contributed by atoms with van der Waals surface area (Å²) >= 11 is 5.85. The fraction of sp³-hybridized carbons (Fsp3) is 0.250. The quantitative estimate of drug-likeness (QED) is 0.840. The monoisotopic (exact) mass is 255 g/mol. The molecule has 90 valence electrons. The van der Waals surface area contributed by atoms with E-state index in [9.17, 15) is 4.39 Å². The second kappa shape index (κ2) is 4.75. The van der Waals surface area contributed by atoms with Crippen LogP contribution in [0.3, 0.4) is 0 Å². The molecular formula is C12H11ClFNO2. The summed E-state index contributed by atoms with van der Waals surface area (Å²) in [5.74, 6) is 0.758. The van der Waals surface area contributed by atoms with Crippen LogP contribution in [0.25, 0.3) is 0 Å². The molecule has 3 nitrogen and oxygen atoms in total. The maximum atomic E-state index is 12.8. The summed E-state index contributed by atoms with van der Waals surface area (Å²) in [4.78, 5) is 0. The first-order chi connectivity index (χ1) is 8.08. The minimum Gasteiger partial charge on any atom is -0.487 e. The Morgan fingerprint density at radius 1 is 1.41 bits per heavy atom. The highest BCUT2D eigenvalue weighted by atomic mass is 35.5. The Bertz CT molecular complexity index is 520. The average Bonchev–Trinajstić information content (AvgIpc) is 2.58. The van der Waals surface area contributed by atoms with Crippen LogP contribution in [0.2, 0.25) is 5.02 Å². The Balaban J connectivity index is 2.13. The normalized spacial score (nSPS) is 10.6. The minimum absolute atomic E-state index is 0.247. The van der Waals surface area contributed by atoms with E-state index in [4.69, 9.17) is 20.9 Å². The molecule has 0 spiro atoms. The van der Waals surface area contributed by atoms with Crippen molar-refractivity contribution < 1.29 is 13.7 Å². The average molecular weight is 256 g/mol. The van der Waals surface area contributed by atoms with Crippen LogP contribution in [0.4, 0.5) is 4.39 Å².